The number of nitrogens with one attached hydrogen (secondary N) is 1. The molecule has 1 aliphatic rings. The first-order valence-corrected chi connectivity index (χ1v) is 7.84. The van der Waals surface area contributed by atoms with Gasteiger partial charge in [-0.3, -0.25) is 4.79 Å². The molecule has 2 unspecified atom stereocenters. The zero-order chi connectivity index (χ0) is 14.3. The van der Waals surface area contributed by atoms with E-state index in [-0.39, 0.29) is 18.1 Å². The summed E-state index contributed by atoms with van der Waals surface area (Å²) in [7, 11) is 0. The van der Waals surface area contributed by atoms with Crippen LogP contribution in [0.1, 0.15) is 52.9 Å². The second kappa shape index (κ2) is 8.54. The minimum atomic E-state index is -0.385. The van der Waals surface area contributed by atoms with E-state index >= 15 is 0 Å². The van der Waals surface area contributed by atoms with Gasteiger partial charge in [0.15, 0.2) is 0 Å². The number of rotatable bonds is 8. The summed E-state index contributed by atoms with van der Waals surface area (Å²) in [4.78, 5) is 14.2. The molecule has 112 valence electrons. The van der Waals surface area contributed by atoms with Gasteiger partial charge in [-0.15, -0.1) is 0 Å². The van der Waals surface area contributed by atoms with E-state index in [1.54, 1.807) is 0 Å². The largest absolute Gasteiger partial charge is 0.391 e. The number of likely N-dealkylation sites (tertiary alicyclic amines) is 1. The van der Waals surface area contributed by atoms with Gasteiger partial charge < -0.3 is 15.3 Å². The summed E-state index contributed by atoms with van der Waals surface area (Å²) in [5, 5.41) is 13.5. The Morgan fingerprint density at radius 2 is 2.05 bits per heavy atom. The van der Waals surface area contributed by atoms with E-state index in [1.165, 1.54) is 0 Å². The molecular formula is C15H30N2O2. The Morgan fingerprint density at radius 3 is 2.63 bits per heavy atom. The third-order valence-electron chi connectivity index (χ3n) is 4.17. The molecule has 0 aromatic carbocycles. The highest BCUT2D eigenvalue weighted by atomic mass is 16.3. The summed E-state index contributed by atoms with van der Waals surface area (Å²) in [6, 6.07) is -0.0393. The van der Waals surface area contributed by atoms with Crippen molar-refractivity contribution in [2.45, 2.75) is 65.0 Å². The van der Waals surface area contributed by atoms with Gasteiger partial charge in [0.2, 0.25) is 5.91 Å². The van der Waals surface area contributed by atoms with E-state index in [4.69, 9.17) is 0 Å². The maximum absolute atomic E-state index is 12.3. The molecule has 0 spiro atoms. The van der Waals surface area contributed by atoms with Crippen molar-refractivity contribution < 1.29 is 9.90 Å². The van der Waals surface area contributed by atoms with Crippen molar-refractivity contribution in [3.05, 3.63) is 0 Å². The van der Waals surface area contributed by atoms with Crippen molar-refractivity contribution >= 4 is 5.91 Å². The quantitative estimate of drug-likeness (QED) is 0.707. The minimum Gasteiger partial charge on any atom is -0.391 e. The van der Waals surface area contributed by atoms with Crippen LogP contribution in [-0.2, 0) is 4.79 Å². The number of carbonyl (C=O) groups is 1. The van der Waals surface area contributed by atoms with E-state index in [0.29, 0.717) is 12.5 Å². The Morgan fingerprint density at radius 1 is 1.37 bits per heavy atom. The van der Waals surface area contributed by atoms with E-state index in [2.05, 4.69) is 26.1 Å². The maximum atomic E-state index is 12.3. The minimum absolute atomic E-state index is 0.0393. The Kier molecular flexibility index (Phi) is 7.39. The molecule has 1 amide bonds. The first-order chi connectivity index (χ1) is 9.13. The molecule has 19 heavy (non-hydrogen) atoms. The van der Waals surface area contributed by atoms with E-state index in [0.717, 1.165) is 45.2 Å². The number of amides is 1. The van der Waals surface area contributed by atoms with Gasteiger partial charge >= 0.3 is 0 Å². The molecule has 0 aliphatic carbocycles. The van der Waals surface area contributed by atoms with Gasteiger partial charge in [-0.1, -0.05) is 33.6 Å². The Balaban J connectivity index is 2.50. The van der Waals surface area contributed by atoms with E-state index in [9.17, 15) is 9.90 Å². The Labute approximate surface area is 117 Å². The maximum Gasteiger partial charge on any atom is 0.239 e. The molecule has 4 nitrogen and oxygen atoms in total. The Bertz CT molecular complexity index is 267. The van der Waals surface area contributed by atoms with E-state index in [1.807, 2.05) is 4.90 Å². The van der Waals surface area contributed by atoms with Crippen LogP contribution < -0.4 is 5.32 Å². The smallest absolute Gasteiger partial charge is 0.239 e. The van der Waals surface area contributed by atoms with Gasteiger partial charge in [0.25, 0.3) is 0 Å². The van der Waals surface area contributed by atoms with Gasteiger partial charge in [-0.05, 0) is 31.7 Å². The number of piperidine rings is 1. The molecule has 1 rings (SSSR count). The molecule has 1 heterocycles. The highest BCUT2D eigenvalue weighted by molar-refractivity contribution is 5.82. The van der Waals surface area contributed by atoms with Gasteiger partial charge in [-0.25, -0.2) is 0 Å². The Hall–Kier alpha value is -0.610. The van der Waals surface area contributed by atoms with Crippen LogP contribution in [0.2, 0.25) is 0 Å². The lowest BCUT2D eigenvalue weighted by Crippen LogP contribution is -2.53. The molecule has 0 radical (unpaired) electrons. The third-order valence-corrected chi connectivity index (χ3v) is 4.17. The summed E-state index contributed by atoms with van der Waals surface area (Å²) in [5.74, 6) is 0.474. The van der Waals surface area contributed by atoms with Crippen LogP contribution in [0.3, 0.4) is 0 Å². The van der Waals surface area contributed by atoms with Crippen molar-refractivity contribution in [3.63, 3.8) is 0 Å². The number of aliphatic hydroxyl groups is 1. The predicted octanol–water partition coefficient (Wildman–Crippen LogP) is 1.77. The molecule has 0 aromatic heterocycles. The summed E-state index contributed by atoms with van der Waals surface area (Å²) >= 11 is 0. The van der Waals surface area contributed by atoms with Crippen LogP contribution in [0.5, 0.6) is 0 Å². The molecular weight excluding hydrogens is 240 g/mol. The summed E-state index contributed by atoms with van der Waals surface area (Å²) in [6.45, 7) is 8.48. The predicted molar refractivity (Wildman–Crippen MR) is 78.0 cm³/mol. The van der Waals surface area contributed by atoms with Crippen molar-refractivity contribution in [1.29, 1.82) is 0 Å². The summed E-state index contributed by atoms with van der Waals surface area (Å²) in [5.41, 5.74) is 0. The molecule has 0 bridgehead atoms. The average Bonchev–Trinajstić information content (AvgIpc) is 2.41. The van der Waals surface area contributed by atoms with Crippen LogP contribution in [0.15, 0.2) is 0 Å². The molecule has 0 aromatic rings. The molecule has 1 saturated heterocycles. The first kappa shape index (κ1) is 16.4. The van der Waals surface area contributed by atoms with Crippen LogP contribution in [0.4, 0.5) is 0 Å². The first-order valence-electron chi connectivity index (χ1n) is 7.84. The average molecular weight is 270 g/mol. The molecule has 1 fully saturated rings. The zero-order valence-corrected chi connectivity index (χ0v) is 12.7. The number of aliphatic hydroxyl groups excluding tert-OH is 1. The van der Waals surface area contributed by atoms with Gasteiger partial charge in [0, 0.05) is 13.1 Å². The second-order valence-electron chi connectivity index (χ2n) is 5.58. The van der Waals surface area contributed by atoms with Crippen LogP contribution in [0.25, 0.3) is 0 Å². The third kappa shape index (κ3) is 4.77. The topological polar surface area (TPSA) is 52.6 Å². The van der Waals surface area contributed by atoms with Crippen molar-refractivity contribution in [1.82, 2.24) is 10.2 Å². The standard InChI is InChI=1S/C15H30N2O2/c1-4-9-16-13-8-7-10-17(15(13)19)11-14(18)12(5-2)6-3/h12-14,16,18H,4-11H2,1-3H3. The summed E-state index contributed by atoms with van der Waals surface area (Å²) < 4.78 is 0. The fourth-order valence-corrected chi connectivity index (χ4v) is 2.84. The van der Waals surface area contributed by atoms with Crippen molar-refractivity contribution in [2.75, 3.05) is 19.6 Å². The van der Waals surface area contributed by atoms with Crippen LogP contribution in [0, 0.1) is 5.92 Å². The SMILES string of the molecule is CCCNC1CCCN(CC(O)C(CC)CC)C1=O. The van der Waals surface area contributed by atoms with Crippen molar-refractivity contribution in [2.24, 2.45) is 5.92 Å². The molecule has 0 saturated carbocycles. The molecule has 2 atom stereocenters. The normalized spacial score (nSPS) is 22.1. The lowest BCUT2D eigenvalue weighted by Gasteiger charge is -2.35. The number of carbonyl (C=O) groups excluding carboxylic acids is 1. The van der Waals surface area contributed by atoms with Crippen LogP contribution in [-0.4, -0.2) is 47.7 Å². The van der Waals surface area contributed by atoms with Gasteiger partial charge in [0.1, 0.15) is 0 Å². The second-order valence-corrected chi connectivity index (χ2v) is 5.58. The van der Waals surface area contributed by atoms with Crippen molar-refractivity contribution in [3.8, 4) is 0 Å². The monoisotopic (exact) mass is 270 g/mol. The lowest BCUT2D eigenvalue weighted by atomic mass is 9.95. The van der Waals surface area contributed by atoms with Crippen LogP contribution >= 0.6 is 0 Å². The highest BCUT2D eigenvalue weighted by Crippen LogP contribution is 2.18. The molecule has 2 N–H and O–H groups in total. The van der Waals surface area contributed by atoms with Gasteiger partial charge in [0.05, 0.1) is 12.1 Å². The van der Waals surface area contributed by atoms with Gasteiger partial charge in [-0.2, -0.15) is 0 Å². The summed E-state index contributed by atoms with van der Waals surface area (Å²) in [6.07, 6.45) is 4.55. The fraction of sp³-hybridized carbons (Fsp3) is 0.933. The zero-order valence-electron chi connectivity index (χ0n) is 12.7. The number of hydrogen-bond donors (Lipinski definition) is 2. The molecule has 4 heteroatoms. The molecule has 1 aliphatic heterocycles. The highest BCUT2D eigenvalue weighted by Gasteiger charge is 2.30. The van der Waals surface area contributed by atoms with E-state index < -0.39 is 0 Å². The number of nitrogens with zero attached hydrogens (tertiary/aromatic N) is 1. The number of hydrogen-bond acceptors (Lipinski definition) is 3. The number of β-amino-alcohol motifs (C(OH)–C–C–N with tert-alkyl or cyclic N) is 1. The fourth-order valence-electron chi connectivity index (χ4n) is 2.84. The lowest BCUT2D eigenvalue weighted by molar-refractivity contribution is -0.138.